The minimum atomic E-state index is -0.520. The van der Waals surface area contributed by atoms with Gasteiger partial charge in [-0.2, -0.15) is 0 Å². The number of benzene rings is 3. The van der Waals surface area contributed by atoms with Crippen molar-refractivity contribution < 1.29 is 14.3 Å². The number of hydrogen-bond acceptors (Lipinski definition) is 5. The van der Waals surface area contributed by atoms with Crippen molar-refractivity contribution in [1.82, 2.24) is 0 Å². The number of rotatable bonds is 7. The minimum Gasteiger partial charge on any atom is -0.497 e. The van der Waals surface area contributed by atoms with Gasteiger partial charge in [0, 0.05) is 18.7 Å². The minimum absolute atomic E-state index is 0.145. The van der Waals surface area contributed by atoms with E-state index in [0.717, 1.165) is 23.4 Å². The molecule has 1 fully saturated rings. The molecule has 0 aromatic heterocycles. The van der Waals surface area contributed by atoms with E-state index in [0.29, 0.717) is 17.4 Å². The van der Waals surface area contributed by atoms with Crippen LogP contribution in [0.3, 0.4) is 0 Å². The van der Waals surface area contributed by atoms with E-state index in [1.54, 1.807) is 19.2 Å². The van der Waals surface area contributed by atoms with Crippen molar-refractivity contribution in [2.45, 2.75) is 18.1 Å². The normalized spacial score (nSPS) is 16.2. The monoisotopic (exact) mass is 459 g/mol. The van der Waals surface area contributed by atoms with E-state index in [2.05, 4.69) is 5.32 Å². The molecule has 6 nitrogen and oxygen atoms in total. The number of aliphatic imine (C=N–C) groups is 1. The molecule has 1 saturated heterocycles. The van der Waals surface area contributed by atoms with Gasteiger partial charge in [0.25, 0.3) is 0 Å². The highest BCUT2D eigenvalue weighted by molar-refractivity contribution is 8.15. The Balaban J connectivity index is 1.47. The van der Waals surface area contributed by atoms with Crippen LogP contribution in [0.25, 0.3) is 0 Å². The van der Waals surface area contributed by atoms with Gasteiger partial charge in [0.15, 0.2) is 5.17 Å². The summed E-state index contributed by atoms with van der Waals surface area (Å²) < 4.78 is 5.21. The highest BCUT2D eigenvalue weighted by Crippen LogP contribution is 2.30. The number of nitrogens with zero attached hydrogens (tertiary/aromatic N) is 2. The molecular formula is C26H25N3O3S. The maximum Gasteiger partial charge on any atom is 0.247 e. The van der Waals surface area contributed by atoms with E-state index in [-0.39, 0.29) is 18.2 Å². The maximum atomic E-state index is 13.0. The lowest BCUT2D eigenvalue weighted by Crippen LogP contribution is -2.31. The van der Waals surface area contributed by atoms with Crippen molar-refractivity contribution >= 4 is 40.1 Å². The number of carbonyl (C=O) groups excluding carboxylic acids is 2. The van der Waals surface area contributed by atoms with Gasteiger partial charge in [0.05, 0.1) is 12.8 Å². The number of ether oxygens (including phenoxy) is 1. The largest absolute Gasteiger partial charge is 0.497 e. The van der Waals surface area contributed by atoms with Crippen molar-refractivity contribution in [1.29, 1.82) is 0 Å². The van der Waals surface area contributed by atoms with Gasteiger partial charge in [-0.15, -0.1) is 0 Å². The third kappa shape index (κ3) is 5.81. The van der Waals surface area contributed by atoms with Crippen LogP contribution in [0.4, 0.5) is 11.4 Å². The molecule has 1 aliphatic heterocycles. The second-order valence-electron chi connectivity index (χ2n) is 7.49. The molecule has 33 heavy (non-hydrogen) atoms. The summed E-state index contributed by atoms with van der Waals surface area (Å²) in [6.45, 7) is 0.547. The van der Waals surface area contributed by atoms with Gasteiger partial charge in [-0.05, 0) is 48.4 Å². The fourth-order valence-corrected chi connectivity index (χ4v) is 4.55. The summed E-state index contributed by atoms with van der Waals surface area (Å²) in [7, 11) is 1.64. The van der Waals surface area contributed by atoms with Gasteiger partial charge in [-0.1, -0.05) is 60.3 Å². The summed E-state index contributed by atoms with van der Waals surface area (Å²) in [5.74, 6) is 0.409. The first-order valence-corrected chi connectivity index (χ1v) is 11.6. The predicted octanol–water partition coefficient (Wildman–Crippen LogP) is 4.77. The average Bonchev–Trinajstić information content (AvgIpc) is 3.13. The number of carbonyl (C=O) groups is 2. The molecule has 1 aliphatic rings. The molecule has 2 amide bonds. The highest BCUT2D eigenvalue weighted by Gasteiger charge is 2.40. The predicted molar refractivity (Wildman–Crippen MR) is 134 cm³/mol. The van der Waals surface area contributed by atoms with E-state index in [9.17, 15) is 9.59 Å². The fraction of sp³-hybridized carbons (Fsp3) is 0.192. The molecule has 0 unspecified atom stereocenters. The van der Waals surface area contributed by atoms with Crippen LogP contribution in [0.15, 0.2) is 89.9 Å². The Morgan fingerprint density at radius 1 is 1.00 bits per heavy atom. The zero-order valence-corrected chi connectivity index (χ0v) is 19.1. The summed E-state index contributed by atoms with van der Waals surface area (Å²) in [5.41, 5.74) is 2.63. The number of amidine groups is 1. The van der Waals surface area contributed by atoms with Crippen molar-refractivity contribution in [3.63, 3.8) is 0 Å². The van der Waals surface area contributed by atoms with Gasteiger partial charge in [-0.3, -0.25) is 14.6 Å². The molecule has 0 saturated carbocycles. The lowest BCUT2D eigenvalue weighted by atomic mass is 10.1. The Morgan fingerprint density at radius 2 is 1.67 bits per heavy atom. The Kier molecular flexibility index (Phi) is 7.42. The number of para-hydroxylation sites is 2. The van der Waals surface area contributed by atoms with Crippen LogP contribution in [-0.4, -0.2) is 35.9 Å². The molecule has 4 rings (SSSR count). The van der Waals surface area contributed by atoms with Gasteiger partial charge >= 0.3 is 0 Å². The lowest BCUT2D eigenvalue weighted by Gasteiger charge is -2.16. The van der Waals surface area contributed by atoms with Crippen molar-refractivity contribution in [2.75, 3.05) is 23.9 Å². The zero-order chi connectivity index (χ0) is 23.0. The average molecular weight is 460 g/mol. The number of thioether (sulfide) groups is 1. The summed E-state index contributed by atoms with van der Waals surface area (Å²) >= 11 is 1.31. The van der Waals surface area contributed by atoms with Gasteiger partial charge in [-0.25, -0.2) is 4.90 Å². The number of hydrogen-bond donors (Lipinski definition) is 1. The van der Waals surface area contributed by atoms with Crippen LogP contribution in [0.2, 0.25) is 0 Å². The van der Waals surface area contributed by atoms with Gasteiger partial charge in [0.1, 0.15) is 11.0 Å². The number of amides is 2. The first kappa shape index (κ1) is 22.6. The maximum absolute atomic E-state index is 13.0. The van der Waals surface area contributed by atoms with Crippen molar-refractivity contribution in [2.24, 2.45) is 4.99 Å². The van der Waals surface area contributed by atoms with E-state index in [1.165, 1.54) is 16.7 Å². The van der Waals surface area contributed by atoms with Crippen molar-refractivity contribution in [3.05, 3.63) is 90.5 Å². The number of nitrogens with one attached hydrogen (secondary N) is 1. The standard InChI is InChI=1S/C26H25N3O3S/c1-32-22-14-12-19(13-15-22)16-17-27-26(28-20-8-4-2-5-9-20)33-23-18-24(30)29(25(23)31)21-10-6-3-7-11-21/h2-15,23H,16-18H2,1H3,(H,27,28)/t23-/m0/s1. The third-order valence-corrected chi connectivity index (χ3v) is 6.32. The summed E-state index contributed by atoms with van der Waals surface area (Å²) in [6, 6.07) is 26.6. The molecule has 0 radical (unpaired) electrons. The fourth-order valence-electron chi connectivity index (χ4n) is 3.51. The van der Waals surface area contributed by atoms with Crippen molar-refractivity contribution in [3.8, 4) is 5.75 Å². The zero-order valence-electron chi connectivity index (χ0n) is 18.3. The van der Waals surface area contributed by atoms with Gasteiger partial charge < -0.3 is 10.1 Å². The number of anilines is 2. The molecule has 1 atom stereocenters. The highest BCUT2D eigenvalue weighted by atomic mass is 32.2. The van der Waals surface area contributed by atoms with Crippen LogP contribution in [-0.2, 0) is 16.0 Å². The summed E-state index contributed by atoms with van der Waals surface area (Å²) in [6.07, 6.45) is 0.893. The molecule has 1 N–H and O–H groups in total. The molecular weight excluding hydrogens is 434 g/mol. The first-order chi connectivity index (χ1) is 16.1. The molecule has 0 aliphatic carbocycles. The molecule has 1 heterocycles. The van der Waals surface area contributed by atoms with Gasteiger partial charge in [0.2, 0.25) is 11.8 Å². The third-order valence-electron chi connectivity index (χ3n) is 5.21. The van der Waals surface area contributed by atoms with E-state index in [4.69, 9.17) is 9.73 Å². The SMILES string of the molecule is COc1ccc(CCN=C(Nc2ccccc2)S[C@H]2CC(=O)N(c3ccccc3)C2=O)cc1. The van der Waals surface area contributed by atoms with Crippen LogP contribution in [0, 0.1) is 0 Å². The van der Waals surface area contributed by atoms with E-state index >= 15 is 0 Å². The molecule has 0 bridgehead atoms. The summed E-state index contributed by atoms with van der Waals surface area (Å²) in [5, 5.41) is 3.41. The quantitative estimate of drug-likeness (QED) is 0.313. The Morgan fingerprint density at radius 3 is 2.33 bits per heavy atom. The topological polar surface area (TPSA) is 71.0 Å². The van der Waals surface area contributed by atoms with Crippen LogP contribution in [0.5, 0.6) is 5.75 Å². The Bertz CT molecular complexity index is 1120. The van der Waals surface area contributed by atoms with Crippen LogP contribution >= 0.6 is 11.8 Å². The number of imide groups is 1. The number of methoxy groups -OCH3 is 1. The van der Waals surface area contributed by atoms with Crippen LogP contribution < -0.4 is 15.0 Å². The molecule has 0 spiro atoms. The Hall–Kier alpha value is -3.58. The lowest BCUT2D eigenvalue weighted by molar-refractivity contribution is -0.121. The Labute approximate surface area is 197 Å². The molecule has 3 aromatic carbocycles. The summed E-state index contributed by atoms with van der Waals surface area (Å²) in [4.78, 5) is 31.7. The molecule has 3 aromatic rings. The first-order valence-electron chi connectivity index (χ1n) is 10.7. The smallest absolute Gasteiger partial charge is 0.247 e. The van der Waals surface area contributed by atoms with Crippen LogP contribution in [0.1, 0.15) is 12.0 Å². The molecule has 7 heteroatoms. The van der Waals surface area contributed by atoms with E-state index in [1.807, 2.05) is 72.8 Å². The second-order valence-corrected chi connectivity index (χ2v) is 8.68. The second kappa shape index (κ2) is 10.8. The van der Waals surface area contributed by atoms with E-state index < -0.39 is 5.25 Å². The molecule has 168 valence electrons.